The lowest BCUT2D eigenvalue weighted by Gasteiger charge is -2.26. The molecule has 3 aromatic heterocycles. The van der Waals surface area contributed by atoms with E-state index in [4.69, 9.17) is 9.47 Å². The molecule has 13 heteroatoms. The van der Waals surface area contributed by atoms with Gasteiger partial charge in [-0.2, -0.15) is 8.78 Å². The van der Waals surface area contributed by atoms with Gasteiger partial charge in [0.25, 0.3) is 0 Å². The molecule has 4 aromatic rings. The predicted molar refractivity (Wildman–Crippen MR) is 124 cm³/mol. The van der Waals surface area contributed by atoms with Crippen LogP contribution in [-0.2, 0) is 15.9 Å². The van der Waals surface area contributed by atoms with E-state index in [-0.39, 0.29) is 23.4 Å². The molecule has 1 saturated heterocycles. The Labute approximate surface area is 212 Å². The van der Waals surface area contributed by atoms with Crippen molar-refractivity contribution >= 4 is 11.6 Å². The second-order valence-corrected chi connectivity index (χ2v) is 8.76. The molecule has 0 N–H and O–H groups in total. The Morgan fingerprint density at radius 3 is 2.47 bits per heavy atom. The number of pyridine rings is 1. The van der Waals surface area contributed by atoms with Crippen LogP contribution in [0.25, 0.3) is 16.8 Å². The number of hydrogen-bond donors (Lipinski definition) is 0. The SMILES string of the molecule is Fc1cc(F)c(OC(F)F)c(C2OCCc3nc4cc(F)c(-c5cnc(N6CCOCC6)nc5)cn4c32)c1. The van der Waals surface area contributed by atoms with E-state index in [1.807, 2.05) is 4.90 Å². The summed E-state index contributed by atoms with van der Waals surface area (Å²) in [6.45, 7) is -0.851. The lowest BCUT2D eigenvalue weighted by atomic mass is 10.00. The normalized spacial score (nSPS) is 17.7. The molecular weight excluding hydrogens is 513 g/mol. The number of halogens is 5. The minimum atomic E-state index is -3.35. The molecule has 0 amide bonds. The summed E-state index contributed by atoms with van der Waals surface area (Å²) in [5.74, 6) is -3.21. The largest absolute Gasteiger partial charge is 0.431 e. The molecule has 1 atom stereocenters. The van der Waals surface area contributed by atoms with E-state index < -0.39 is 35.9 Å². The first kappa shape index (κ1) is 24.5. The van der Waals surface area contributed by atoms with Crippen molar-refractivity contribution in [1.29, 1.82) is 0 Å². The van der Waals surface area contributed by atoms with E-state index in [2.05, 4.69) is 19.7 Å². The number of benzene rings is 1. The molecule has 1 unspecified atom stereocenters. The molecular formula is C25H20F5N5O3. The molecule has 6 rings (SSSR count). The fourth-order valence-electron chi connectivity index (χ4n) is 4.77. The van der Waals surface area contributed by atoms with E-state index in [9.17, 15) is 17.6 Å². The van der Waals surface area contributed by atoms with Gasteiger partial charge >= 0.3 is 6.61 Å². The molecule has 38 heavy (non-hydrogen) atoms. The number of nitrogens with zero attached hydrogens (tertiary/aromatic N) is 5. The summed E-state index contributed by atoms with van der Waals surface area (Å²) in [7, 11) is 0. The Morgan fingerprint density at radius 2 is 1.74 bits per heavy atom. The zero-order chi connectivity index (χ0) is 26.4. The average Bonchev–Trinajstić information content (AvgIpc) is 3.27. The van der Waals surface area contributed by atoms with Crippen LogP contribution in [0.1, 0.15) is 23.1 Å². The summed E-state index contributed by atoms with van der Waals surface area (Å²) in [6, 6.07) is 2.54. The monoisotopic (exact) mass is 533 g/mol. The van der Waals surface area contributed by atoms with Crippen LogP contribution in [0.15, 0.2) is 36.8 Å². The molecule has 0 radical (unpaired) electrons. The zero-order valence-electron chi connectivity index (χ0n) is 19.7. The Hall–Kier alpha value is -3.84. The molecule has 0 spiro atoms. The van der Waals surface area contributed by atoms with Crippen LogP contribution in [0.3, 0.4) is 0 Å². The third-order valence-corrected chi connectivity index (χ3v) is 6.46. The van der Waals surface area contributed by atoms with E-state index >= 15 is 4.39 Å². The molecule has 8 nitrogen and oxygen atoms in total. The van der Waals surface area contributed by atoms with Crippen molar-refractivity contribution in [3.63, 3.8) is 0 Å². The second-order valence-electron chi connectivity index (χ2n) is 8.76. The molecule has 198 valence electrons. The van der Waals surface area contributed by atoms with E-state index in [1.54, 1.807) is 0 Å². The number of anilines is 1. The van der Waals surface area contributed by atoms with Crippen molar-refractivity contribution in [3.8, 4) is 16.9 Å². The molecule has 2 aliphatic rings. The molecule has 1 fully saturated rings. The van der Waals surface area contributed by atoms with Crippen LogP contribution in [0, 0.1) is 17.5 Å². The molecule has 5 heterocycles. The number of fused-ring (bicyclic) bond motifs is 3. The van der Waals surface area contributed by atoms with Crippen LogP contribution < -0.4 is 9.64 Å². The lowest BCUT2D eigenvalue weighted by molar-refractivity contribution is -0.0548. The maximum Gasteiger partial charge on any atom is 0.387 e. The highest BCUT2D eigenvalue weighted by atomic mass is 19.3. The van der Waals surface area contributed by atoms with Crippen molar-refractivity contribution in [2.75, 3.05) is 37.8 Å². The highest BCUT2D eigenvalue weighted by Gasteiger charge is 2.33. The molecule has 1 aromatic carbocycles. The van der Waals surface area contributed by atoms with Gasteiger partial charge in [-0.3, -0.25) is 4.40 Å². The van der Waals surface area contributed by atoms with Crippen molar-refractivity contribution in [1.82, 2.24) is 19.4 Å². The third-order valence-electron chi connectivity index (χ3n) is 6.46. The number of hydrogen-bond acceptors (Lipinski definition) is 7. The van der Waals surface area contributed by atoms with Gasteiger partial charge in [0.05, 0.1) is 31.2 Å². The van der Waals surface area contributed by atoms with E-state index in [0.29, 0.717) is 61.7 Å². The van der Waals surface area contributed by atoms with Crippen LogP contribution in [-0.4, -0.2) is 58.9 Å². The van der Waals surface area contributed by atoms with Crippen LogP contribution in [0.4, 0.5) is 27.9 Å². The summed E-state index contributed by atoms with van der Waals surface area (Å²) in [6.07, 6.45) is 3.57. The van der Waals surface area contributed by atoms with Crippen LogP contribution in [0.5, 0.6) is 5.75 Å². The number of rotatable bonds is 5. The number of imidazole rings is 1. The quantitative estimate of drug-likeness (QED) is 0.354. The summed E-state index contributed by atoms with van der Waals surface area (Å²) in [5, 5.41) is 0. The van der Waals surface area contributed by atoms with Crippen LogP contribution in [0.2, 0.25) is 0 Å². The van der Waals surface area contributed by atoms with Gasteiger partial charge < -0.3 is 19.1 Å². The van der Waals surface area contributed by atoms with Gasteiger partial charge in [-0.05, 0) is 6.07 Å². The smallest absolute Gasteiger partial charge is 0.387 e. The minimum Gasteiger partial charge on any atom is -0.431 e. The van der Waals surface area contributed by atoms with Gasteiger partial charge in [0.1, 0.15) is 23.4 Å². The van der Waals surface area contributed by atoms with Gasteiger partial charge in [0, 0.05) is 66.9 Å². The molecule has 0 bridgehead atoms. The number of alkyl halides is 2. The number of morpholine rings is 1. The van der Waals surface area contributed by atoms with Gasteiger partial charge in [-0.25, -0.2) is 28.1 Å². The Balaban J connectivity index is 1.44. The number of aromatic nitrogens is 4. The van der Waals surface area contributed by atoms with Gasteiger partial charge in [0.15, 0.2) is 11.6 Å². The second kappa shape index (κ2) is 9.80. The summed E-state index contributed by atoms with van der Waals surface area (Å²) in [5.41, 5.74) is 1.27. The molecule has 2 aliphatic heterocycles. The van der Waals surface area contributed by atoms with Crippen molar-refractivity contribution in [2.45, 2.75) is 19.1 Å². The topological polar surface area (TPSA) is 74.0 Å². The summed E-state index contributed by atoms with van der Waals surface area (Å²) < 4.78 is 87.0. The average molecular weight is 533 g/mol. The van der Waals surface area contributed by atoms with Gasteiger partial charge in [0.2, 0.25) is 5.95 Å². The van der Waals surface area contributed by atoms with Crippen LogP contribution >= 0.6 is 0 Å². The van der Waals surface area contributed by atoms with E-state index in [0.717, 1.165) is 6.07 Å². The predicted octanol–water partition coefficient (Wildman–Crippen LogP) is 4.31. The van der Waals surface area contributed by atoms with Gasteiger partial charge in [-0.15, -0.1) is 0 Å². The van der Waals surface area contributed by atoms with E-state index in [1.165, 1.54) is 29.1 Å². The first-order chi connectivity index (χ1) is 18.4. The Bertz CT molecular complexity index is 1490. The highest BCUT2D eigenvalue weighted by Crippen LogP contribution is 2.40. The summed E-state index contributed by atoms with van der Waals surface area (Å²) >= 11 is 0. The first-order valence-corrected chi connectivity index (χ1v) is 11.8. The minimum absolute atomic E-state index is 0.0972. The fourth-order valence-corrected chi connectivity index (χ4v) is 4.77. The Kier molecular flexibility index (Phi) is 6.32. The summed E-state index contributed by atoms with van der Waals surface area (Å²) in [4.78, 5) is 15.1. The zero-order valence-corrected chi connectivity index (χ0v) is 19.7. The van der Waals surface area contributed by atoms with Crippen molar-refractivity contribution in [2.24, 2.45) is 0 Å². The lowest BCUT2D eigenvalue weighted by Crippen LogP contribution is -2.37. The molecule has 0 aliphatic carbocycles. The Morgan fingerprint density at radius 1 is 0.974 bits per heavy atom. The maximum atomic E-state index is 15.2. The highest BCUT2D eigenvalue weighted by molar-refractivity contribution is 5.65. The maximum absolute atomic E-state index is 15.2. The fraction of sp³-hybridized carbons (Fsp3) is 0.320. The number of ether oxygens (including phenoxy) is 3. The van der Waals surface area contributed by atoms with Crippen molar-refractivity contribution in [3.05, 3.63) is 71.2 Å². The van der Waals surface area contributed by atoms with Gasteiger partial charge in [-0.1, -0.05) is 0 Å². The van der Waals surface area contributed by atoms with Crippen molar-refractivity contribution < 1.29 is 36.2 Å². The first-order valence-electron chi connectivity index (χ1n) is 11.8. The molecule has 0 saturated carbocycles. The standard InChI is InChI=1S/C25H20F5N5O3/c26-14-7-15(22(18(28)8-14)38-24(29)30)23-21-19(1-4-37-23)33-20-9-17(27)16(12-35(20)21)13-10-31-25(32-11-13)34-2-5-36-6-3-34/h7-12,23-24H,1-6H2. The third kappa shape index (κ3) is 4.41.